The van der Waals surface area contributed by atoms with E-state index < -0.39 is 0 Å². The van der Waals surface area contributed by atoms with Crippen molar-refractivity contribution >= 4 is 5.91 Å². The van der Waals surface area contributed by atoms with Crippen LogP contribution in [0, 0.1) is 12.3 Å². The highest BCUT2D eigenvalue weighted by Gasteiger charge is 2.45. The fourth-order valence-electron chi connectivity index (χ4n) is 4.20. The van der Waals surface area contributed by atoms with Crippen LogP contribution in [0.2, 0.25) is 0 Å². The maximum Gasteiger partial charge on any atom is 0.228 e. The largest absolute Gasteiger partial charge is 0.351 e. The lowest BCUT2D eigenvalue weighted by atomic mass is 9.80. The molecule has 0 aromatic heterocycles. The van der Waals surface area contributed by atoms with Gasteiger partial charge in [-0.25, -0.2) is 0 Å². The third kappa shape index (κ3) is 2.84. The van der Waals surface area contributed by atoms with Gasteiger partial charge in [0.05, 0.1) is 5.41 Å². The summed E-state index contributed by atoms with van der Waals surface area (Å²) in [6.07, 6.45) is 1.80. The monoisotopic (exact) mass is 320 g/mol. The Kier molecular flexibility index (Phi) is 3.89. The van der Waals surface area contributed by atoms with Crippen molar-refractivity contribution in [3.05, 3.63) is 70.8 Å². The molecular weight excluding hydrogens is 296 g/mol. The third-order valence-corrected chi connectivity index (χ3v) is 5.49. The molecule has 2 aliphatic rings. The van der Waals surface area contributed by atoms with Gasteiger partial charge in [-0.2, -0.15) is 0 Å². The number of nitrogens with zero attached hydrogens (tertiary/aromatic N) is 1. The van der Waals surface area contributed by atoms with Gasteiger partial charge in [0.2, 0.25) is 5.91 Å². The van der Waals surface area contributed by atoms with E-state index in [0.29, 0.717) is 6.54 Å². The Labute approximate surface area is 143 Å². The zero-order chi connectivity index (χ0) is 16.6. The minimum absolute atomic E-state index is 0.227. The van der Waals surface area contributed by atoms with E-state index in [-0.39, 0.29) is 11.3 Å². The Balaban J connectivity index is 1.54. The molecule has 3 heteroatoms. The molecule has 1 unspecified atom stereocenters. The van der Waals surface area contributed by atoms with E-state index in [1.54, 1.807) is 0 Å². The number of carbonyl (C=O) groups excluding carboxylic acids is 1. The van der Waals surface area contributed by atoms with Gasteiger partial charge in [-0.15, -0.1) is 0 Å². The Morgan fingerprint density at radius 1 is 1.12 bits per heavy atom. The van der Waals surface area contributed by atoms with E-state index in [9.17, 15) is 4.79 Å². The van der Waals surface area contributed by atoms with Crippen molar-refractivity contribution in [2.24, 2.45) is 5.41 Å². The van der Waals surface area contributed by atoms with E-state index >= 15 is 0 Å². The second-order valence-electron chi connectivity index (χ2n) is 7.36. The second kappa shape index (κ2) is 6.06. The van der Waals surface area contributed by atoms with E-state index in [0.717, 1.165) is 32.5 Å². The maximum atomic E-state index is 12.8. The molecule has 1 N–H and O–H groups in total. The number of nitrogens with one attached hydrogen (secondary N) is 1. The zero-order valence-corrected chi connectivity index (χ0v) is 14.2. The summed E-state index contributed by atoms with van der Waals surface area (Å²) in [4.78, 5) is 15.3. The van der Waals surface area contributed by atoms with Gasteiger partial charge >= 0.3 is 0 Å². The number of fused-ring (bicyclic) bond motifs is 1. The van der Waals surface area contributed by atoms with Crippen LogP contribution in [-0.2, 0) is 24.3 Å². The molecule has 124 valence electrons. The number of hydrogen-bond acceptors (Lipinski definition) is 2. The first-order valence-electron chi connectivity index (χ1n) is 8.78. The van der Waals surface area contributed by atoms with Crippen LogP contribution in [0.4, 0.5) is 0 Å². The number of likely N-dealkylation sites (tertiary alicyclic amines) is 1. The minimum atomic E-state index is -0.267. The fourth-order valence-corrected chi connectivity index (χ4v) is 4.20. The summed E-state index contributed by atoms with van der Waals surface area (Å²) >= 11 is 0. The van der Waals surface area contributed by atoms with Crippen LogP contribution in [-0.4, -0.2) is 23.9 Å². The van der Waals surface area contributed by atoms with Crippen molar-refractivity contribution < 1.29 is 4.79 Å². The molecule has 4 rings (SSSR count). The molecule has 0 bridgehead atoms. The zero-order valence-electron chi connectivity index (χ0n) is 14.2. The van der Waals surface area contributed by atoms with Crippen molar-refractivity contribution in [3.8, 4) is 0 Å². The van der Waals surface area contributed by atoms with Crippen LogP contribution < -0.4 is 5.32 Å². The summed E-state index contributed by atoms with van der Waals surface area (Å²) in [6.45, 7) is 5.56. The molecule has 0 aliphatic carbocycles. The van der Waals surface area contributed by atoms with Gasteiger partial charge in [-0.05, 0) is 43.0 Å². The summed E-state index contributed by atoms with van der Waals surface area (Å²) in [5.41, 5.74) is 4.95. The smallest absolute Gasteiger partial charge is 0.228 e. The molecule has 0 radical (unpaired) electrons. The van der Waals surface area contributed by atoms with Gasteiger partial charge in [-0.1, -0.05) is 54.1 Å². The number of hydrogen-bond donors (Lipinski definition) is 1. The number of benzene rings is 2. The quantitative estimate of drug-likeness (QED) is 0.922. The van der Waals surface area contributed by atoms with E-state index in [2.05, 4.69) is 65.7 Å². The van der Waals surface area contributed by atoms with Gasteiger partial charge in [0, 0.05) is 19.6 Å². The Hall–Kier alpha value is -2.13. The predicted molar refractivity (Wildman–Crippen MR) is 95.5 cm³/mol. The molecule has 1 amide bonds. The summed E-state index contributed by atoms with van der Waals surface area (Å²) in [5, 5.41) is 3.16. The highest BCUT2D eigenvalue weighted by molar-refractivity contribution is 5.84. The number of rotatable bonds is 2. The van der Waals surface area contributed by atoms with Crippen molar-refractivity contribution in [3.63, 3.8) is 0 Å². The highest BCUT2D eigenvalue weighted by Crippen LogP contribution is 2.37. The Morgan fingerprint density at radius 2 is 1.96 bits per heavy atom. The molecule has 1 spiro atoms. The SMILES string of the molecule is Cc1cccc(CN2CCC3(Cc4ccccc4CNC3=O)C2)c1. The van der Waals surface area contributed by atoms with E-state index in [1.807, 2.05) is 0 Å². The molecule has 2 aliphatic heterocycles. The van der Waals surface area contributed by atoms with Crippen LogP contribution in [0.5, 0.6) is 0 Å². The molecule has 24 heavy (non-hydrogen) atoms. The number of amides is 1. The fraction of sp³-hybridized carbons (Fsp3) is 0.381. The number of carbonyl (C=O) groups is 1. The lowest BCUT2D eigenvalue weighted by Crippen LogP contribution is -2.42. The number of aryl methyl sites for hydroxylation is 1. The van der Waals surface area contributed by atoms with Crippen LogP contribution in [0.15, 0.2) is 48.5 Å². The standard InChI is InChI=1S/C21H24N2O/c1-16-5-4-6-17(11-16)14-23-10-9-21(15-23)12-18-7-2-3-8-19(18)13-22-20(21)24/h2-8,11H,9-10,12-15H2,1H3,(H,22,24). The molecular formula is C21H24N2O. The van der Waals surface area contributed by atoms with Crippen molar-refractivity contribution in [2.75, 3.05) is 13.1 Å². The highest BCUT2D eigenvalue weighted by atomic mass is 16.2. The molecule has 1 saturated heterocycles. The normalized spacial score (nSPS) is 23.8. The van der Waals surface area contributed by atoms with Gasteiger partial charge in [0.25, 0.3) is 0 Å². The summed E-state index contributed by atoms with van der Waals surface area (Å²) < 4.78 is 0. The summed E-state index contributed by atoms with van der Waals surface area (Å²) in [5.74, 6) is 0.227. The topological polar surface area (TPSA) is 32.3 Å². The molecule has 0 saturated carbocycles. The minimum Gasteiger partial charge on any atom is -0.351 e. The van der Waals surface area contributed by atoms with Gasteiger partial charge in [-0.3, -0.25) is 9.69 Å². The Morgan fingerprint density at radius 3 is 2.79 bits per heavy atom. The Bertz CT molecular complexity index is 770. The van der Waals surface area contributed by atoms with E-state index in [4.69, 9.17) is 0 Å². The average Bonchev–Trinajstić information content (AvgIpc) is 2.91. The average molecular weight is 320 g/mol. The summed E-state index contributed by atoms with van der Waals surface area (Å²) in [7, 11) is 0. The van der Waals surface area contributed by atoms with Crippen LogP contribution in [0.25, 0.3) is 0 Å². The first-order valence-corrected chi connectivity index (χ1v) is 8.78. The van der Waals surface area contributed by atoms with Gasteiger partial charge in [0.1, 0.15) is 0 Å². The van der Waals surface area contributed by atoms with Crippen molar-refractivity contribution in [1.29, 1.82) is 0 Å². The first kappa shape index (κ1) is 15.4. The molecule has 1 fully saturated rings. The molecule has 2 aromatic carbocycles. The van der Waals surface area contributed by atoms with Crippen LogP contribution in [0.3, 0.4) is 0 Å². The molecule has 2 heterocycles. The van der Waals surface area contributed by atoms with Gasteiger partial charge in [0.15, 0.2) is 0 Å². The second-order valence-corrected chi connectivity index (χ2v) is 7.36. The predicted octanol–water partition coefficient (Wildman–Crippen LogP) is 3.06. The summed E-state index contributed by atoms with van der Waals surface area (Å²) in [6, 6.07) is 17.1. The van der Waals surface area contributed by atoms with Gasteiger partial charge < -0.3 is 5.32 Å². The van der Waals surface area contributed by atoms with Crippen LogP contribution >= 0.6 is 0 Å². The third-order valence-electron chi connectivity index (χ3n) is 5.49. The van der Waals surface area contributed by atoms with Crippen LogP contribution in [0.1, 0.15) is 28.7 Å². The lowest BCUT2D eigenvalue weighted by Gasteiger charge is -2.26. The van der Waals surface area contributed by atoms with Crippen molar-refractivity contribution in [1.82, 2.24) is 10.2 Å². The first-order chi connectivity index (χ1) is 11.6. The maximum absolute atomic E-state index is 12.8. The van der Waals surface area contributed by atoms with E-state index in [1.165, 1.54) is 22.3 Å². The lowest BCUT2D eigenvalue weighted by molar-refractivity contribution is -0.130. The molecule has 2 aromatic rings. The molecule has 3 nitrogen and oxygen atoms in total. The van der Waals surface area contributed by atoms with Crippen molar-refractivity contribution in [2.45, 2.75) is 32.9 Å². The molecule has 1 atom stereocenters.